The van der Waals surface area contributed by atoms with Crippen LogP contribution in [0.1, 0.15) is 68.2 Å². The molecule has 0 unspecified atom stereocenters. The van der Waals surface area contributed by atoms with Crippen LogP contribution in [0.3, 0.4) is 0 Å². The average Bonchev–Trinajstić information content (AvgIpc) is 2.36. The summed E-state index contributed by atoms with van der Waals surface area (Å²) in [5.41, 5.74) is 0.622. The molecular weight excluding hydrogens is 270 g/mol. The van der Waals surface area contributed by atoms with Gasteiger partial charge in [-0.2, -0.15) is 0 Å². The van der Waals surface area contributed by atoms with E-state index in [9.17, 15) is 0 Å². The molecule has 0 amide bonds. The second-order valence-electron chi connectivity index (χ2n) is 9.61. The van der Waals surface area contributed by atoms with Gasteiger partial charge in [0.15, 0.2) is 0 Å². The third kappa shape index (κ3) is 4.04. The third-order valence-corrected chi connectivity index (χ3v) is 5.77. The highest BCUT2D eigenvalue weighted by atomic mass is 15.3. The largest absolute Gasteiger partial charge is 0.298 e. The molecule has 22 heavy (non-hydrogen) atoms. The lowest BCUT2D eigenvalue weighted by molar-refractivity contribution is -0.0480. The highest BCUT2D eigenvalue weighted by Crippen LogP contribution is 2.30. The molecule has 0 saturated carbocycles. The molecule has 2 rings (SSSR count). The van der Waals surface area contributed by atoms with Gasteiger partial charge in [0.1, 0.15) is 0 Å². The summed E-state index contributed by atoms with van der Waals surface area (Å²) >= 11 is 0. The van der Waals surface area contributed by atoms with Crippen LogP contribution in [0.4, 0.5) is 0 Å². The minimum Gasteiger partial charge on any atom is -0.298 e. The maximum Gasteiger partial charge on any atom is 0.0201 e. The molecule has 0 radical (unpaired) electrons. The van der Waals surface area contributed by atoms with E-state index in [2.05, 4.69) is 70.1 Å². The number of hydrogen-bond donors (Lipinski definition) is 0. The molecule has 0 spiro atoms. The van der Waals surface area contributed by atoms with Crippen molar-refractivity contribution in [3.63, 3.8) is 0 Å². The minimum atomic E-state index is 0.296. The summed E-state index contributed by atoms with van der Waals surface area (Å²) < 4.78 is 0. The standard InChI is InChI=1S/C19H39N3/c1-15-13-21(19(6,7)8)14-16(2)22(15)17-9-11-20(12-10-17)18(3,4)5/h15-17H,9-14H2,1-8H3/t15-,16+. The fourth-order valence-electron chi connectivity index (χ4n) is 4.44. The second kappa shape index (κ2) is 6.41. The van der Waals surface area contributed by atoms with Gasteiger partial charge < -0.3 is 0 Å². The van der Waals surface area contributed by atoms with Crippen molar-refractivity contribution in [2.24, 2.45) is 0 Å². The van der Waals surface area contributed by atoms with Gasteiger partial charge in [-0.15, -0.1) is 0 Å². The Morgan fingerprint density at radius 3 is 1.45 bits per heavy atom. The quantitative estimate of drug-likeness (QED) is 0.734. The van der Waals surface area contributed by atoms with Gasteiger partial charge in [0.25, 0.3) is 0 Å². The lowest BCUT2D eigenvalue weighted by atomic mass is 9.92. The highest BCUT2D eigenvalue weighted by Gasteiger charge is 2.39. The van der Waals surface area contributed by atoms with Crippen molar-refractivity contribution < 1.29 is 0 Å². The van der Waals surface area contributed by atoms with Crippen LogP contribution < -0.4 is 0 Å². The maximum atomic E-state index is 2.84. The molecule has 2 atom stereocenters. The van der Waals surface area contributed by atoms with Crippen LogP contribution in [0.15, 0.2) is 0 Å². The molecule has 0 bridgehead atoms. The van der Waals surface area contributed by atoms with E-state index in [1.807, 2.05) is 0 Å². The smallest absolute Gasteiger partial charge is 0.0201 e. The molecule has 0 aromatic rings. The molecule has 2 fully saturated rings. The molecule has 2 aliphatic heterocycles. The van der Waals surface area contributed by atoms with Crippen molar-refractivity contribution in [1.82, 2.24) is 14.7 Å². The van der Waals surface area contributed by atoms with Crippen LogP contribution in [-0.4, -0.2) is 70.1 Å². The Balaban J connectivity index is 1.97. The lowest BCUT2D eigenvalue weighted by Gasteiger charge is -2.53. The minimum absolute atomic E-state index is 0.296. The van der Waals surface area contributed by atoms with Crippen molar-refractivity contribution in [3.8, 4) is 0 Å². The maximum absolute atomic E-state index is 2.84. The molecule has 2 aliphatic rings. The molecule has 0 aromatic carbocycles. The van der Waals surface area contributed by atoms with Crippen LogP contribution >= 0.6 is 0 Å². The molecule has 2 heterocycles. The number of likely N-dealkylation sites (tertiary alicyclic amines) is 1. The highest BCUT2D eigenvalue weighted by molar-refractivity contribution is 4.95. The van der Waals surface area contributed by atoms with Gasteiger partial charge in [-0.25, -0.2) is 0 Å². The zero-order chi connectivity index (χ0) is 16.7. The zero-order valence-corrected chi connectivity index (χ0v) is 16.3. The predicted octanol–water partition coefficient (Wildman–Crippen LogP) is 3.44. The molecular formula is C19H39N3. The van der Waals surface area contributed by atoms with Crippen molar-refractivity contribution in [3.05, 3.63) is 0 Å². The van der Waals surface area contributed by atoms with Gasteiger partial charge >= 0.3 is 0 Å². The first-order valence-corrected chi connectivity index (χ1v) is 9.27. The van der Waals surface area contributed by atoms with E-state index in [-0.39, 0.29) is 0 Å². The van der Waals surface area contributed by atoms with E-state index in [1.165, 1.54) is 39.0 Å². The Labute approximate surface area is 139 Å². The first kappa shape index (κ1) is 18.2. The van der Waals surface area contributed by atoms with Crippen LogP contribution in [0.5, 0.6) is 0 Å². The van der Waals surface area contributed by atoms with E-state index in [0.717, 1.165) is 6.04 Å². The number of rotatable bonds is 1. The zero-order valence-electron chi connectivity index (χ0n) is 16.3. The van der Waals surface area contributed by atoms with Crippen LogP contribution in [-0.2, 0) is 0 Å². The monoisotopic (exact) mass is 309 g/mol. The predicted molar refractivity (Wildman–Crippen MR) is 96.4 cm³/mol. The topological polar surface area (TPSA) is 9.72 Å². The summed E-state index contributed by atoms with van der Waals surface area (Å²) in [5.74, 6) is 0. The van der Waals surface area contributed by atoms with E-state index >= 15 is 0 Å². The fourth-order valence-corrected chi connectivity index (χ4v) is 4.44. The van der Waals surface area contributed by atoms with Gasteiger partial charge in [-0.3, -0.25) is 14.7 Å². The van der Waals surface area contributed by atoms with E-state index < -0.39 is 0 Å². The fraction of sp³-hybridized carbons (Fsp3) is 1.00. The van der Waals surface area contributed by atoms with Gasteiger partial charge in [0.05, 0.1) is 0 Å². The summed E-state index contributed by atoms with van der Waals surface area (Å²) in [6.45, 7) is 23.9. The third-order valence-electron chi connectivity index (χ3n) is 5.77. The molecule has 0 aromatic heterocycles. The van der Waals surface area contributed by atoms with Gasteiger partial charge in [-0.05, 0) is 68.2 Å². The summed E-state index contributed by atoms with van der Waals surface area (Å²) in [6.07, 6.45) is 2.67. The Morgan fingerprint density at radius 1 is 0.682 bits per heavy atom. The molecule has 3 heteroatoms. The summed E-state index contributed by atoms with van der Waals surface area (Å²) in [5, 5.41) is 0. The van der Waals surface area contributed by atoms with Crippen molar-refractivity contribution in [2.45, 2.75) is 97.4 Å². The summed E-state index contributed by atoms with van der Waals surface area (Å²) in [7, 11) is 0. The summed E-state index contributed by atoms with van der Waals surface area (Å²) in [6, 6.07) is 2.13. The van der Waals surface area contributed by atoms with E-state index in [0.29, 0.717) is 23.2 Å². The number of nitrogens with zero attached hydrogens (tertiary/aromatic N) is 3. The van der Waals surface area contributed by atoms with Crippen molar-refractivity contribution in [1.29, 1.82) is 0 Å². The summed E-state index contributed by atoms with van der Waals surface area (Å²) in [4.78, 5) is 8.16. The second-order valence-corrected chi connectivity index (χ2v) is 9.61. The Morgan fingerprint density at radius 2 is 1.09 bits per heavy atom. The van der Waals surface area contributed by atoms with Gasteiger partial charge in [0, 0.05) is 55.4 Å². The molecule has 130 valence electrons. The normalized spacial score (nSPS) is 31.6. The first-order chi connectivity index (χ1) is 10.00. The van der Waals surface area contributed by atoms with Crippen molar-refractivity contribution >= 4 is 0 Å². The Bertz CT molecular complexity index is 346. The van der Waals surface area contributed by atoms with E-state index in [1.54, 1.807) is 0 Å². The number of piperazine rings is 1. The Hall–Kier alpha value is -0.120. The van der Waals surface area contributed by atoms with Crippen molar-refractivity contribution in [2.75, 3.05) is 26.2 Å². The number of piperidine rings is 1. The molecule has 0 N–H and O–H groups in total. The SMILES string of the molecule is C[C@@H]1CN(C(C)(C)C)C[C@H](C)N1C1CCN(C(C)(C)C)CC1. The van der Waals surface area contributed by atoms with Crippen LogP contribution in [0, 0.1) is 0 Å². The molecule has 3 nitrogen and oxygen atoms in total. The average molecular weight is 310 g/mol. The van der Waals surface area contributed by atoms with E-state index in [4.69, 9.17) is 0 Å². The first-order valence-electron chi connectivity index (χ1n) is 9.27. The molecule has 0 aliphatic carbocycles. The van der Waals surface area contributed by atoms with Gasteiger partial charge in [-0.1, -0.05) is 0 Å². The lowest BCUT2D eigenvalue weighted by Crippen LogP contribution is -2.64. The van der Waals surface area contributed by atoms with Gasteiger partial charge in [0.2, 0.25) is 0 Å². The number of hydrogen-bond acceptors (Lipinski definition) is 3. The van der Waals surface area contributed by atoms with Crippen LogP contribution in [0.2, 0.25) is 0 Å². The molecule has 2 saturated heterocycles. The Kier molecular flexibility index (Phi) is 5.31. The van der Waals surface area contributed by atoms with Crippen LogP contribution in [0.25, 0.3) is 0 Å².